The zero-order chi connectivity index (χ0) is 13.5. The maximum Gasteiger partial charge on any atom is 0.336 e. The number of esters is 1. The Bertz CT molecular complexity index is 417. The molecule has 6 heteroatoms. The second-order valence-electron chi connectivity index (χ2n) is 3.65. The largest absolute Gasteiger partial charge is 0.467 e. The van der Waals surface area contributed by atoms with Crippen molar-refractivity contribution in [2.24, 2.45) is 5.73 Å². The van der Waals surface area contributed by atoms with Gasteiger partial charge in [0, 0.05) is 12.1 Å². The minimum absolute atomic E-state index is 0.190. The van der Waals surface area contributed by atoms with Crippen LogP contribution in [0.5, 0.6) is 0 Å². The molecule has 18 heavy (non-hydrogen) atoms. The van der Waals surface area contributed by atoms with Crippen LogP contribution < -0.4 is 11.1 Å². The van der Waals surface area contributed by atoms with E-state index in [4.69, 9.17) is 5.73 Å². The molecule has 4 N–H and O–H groups in total. The number of rotatable bonds is 5. The maximum atomic E-state index is 11.7. The van der Waals surface area contributed by atoms with Gasteiger partial charge in [-0.05, 0) is 17.7 Å². The SMILES string of the molecule is COC(=O)C(O)CNC(=O)c1ccc(CN)cc1. The number of nitrogens with two attached hydrogens (primary N) is 1. The molecule has 1 atom stereocenters. The summed E-state index contributed by atoms with van der Waals surface area (Å²) in [6, 6.07) is 6.74. The minimum atomic E-state index is -1.36. The van der Waals surface area contributed by atoms with Gasteiger partial charge >= 0.3 is 5.97 Å². The van der Waals surface area contributed by atoms with E-state index in [1.54, 1.807) is 24.3 Å². The first kappa shape index (κ1) is 14.1. The molecule has 1 unspecified atom stereocenters. The van der Waals surface area contributed by atoms with E-state index in [-0.39, 0.29) is 12.5 Å². The van der Waals surface area contributed by atoms with Crippen molar-refractivity contribution in [3.63, 3.8) is 0 Å². The molecular weight excluding hydrogens is 236 g/mol. The Morgan fingerprint density at radius 3 is 2.50 bits per heavy atom. The van der Waals surface area contributed by atoms with Crippen LogP contribution >= 0.6 is 0 Å². The lowest BCUT2D eigenvalue weighted by molar-refractivity contribution is -0.149. The van der Waals surface area contributed by atoms with Crippen LogP contribution in [0.4, 0.5) is 0 Å². The summed E-state index contributed by atoms with van der Waals surface area (Å²) in [6.07, 6.45) is -1.36. The van der Waals surface area contributed by atoms with Gasteiger partial charge in [-0.25, -0.2) is 4.79 Å². The number of nitrogens with one attached hydrogen (secondary N) is 1. The van der Waals surface area contributed by atoms with Gasteiger partial charge < -0.3 is 20.9 Å². The summed E-state index contributed by atoms with van der Waals surface area (Å²) in [4.78, 5) is 22.6. The normalized spacial score (nSPS) is 11.7. The lowest BCUT2D eigenvalue weighted by Gasteiger charge is -2.09. The van der Waals surface area contributed by atoms with Gasteiger partial charge in [-0.15, -0.1) is 0 Å². The molecule has 0 aliphatic carbocycles. The molecule has 98 valence electrons. The topological polar surface area (TPSA) is 102 Å². The molecule has 0 saturated carbocycles. The predicted octanol–water partition coefficient (Wildman–Crippen LogP) is -0.591. The van der Waals surface area contributed by atoms with Crippen molar-refractivity contribution in [3.05, 3.63) is 35.4 Å². The summed E-state index contributed by atoms with van der Waals surface area (Å²) in [5.74, 6) is -1.16. The summed E-state index contributed by atoms with van der Waals surface area (Å²) in [5.41, 5.74) is 6.79. The van der Waals surface area contributed by atoms with Gasteiger partial charge in [0.05, 0.1) is 13.7 Å². The Morgan fingerprint density at radius 1 is 1.39 bits per heavy atom. The molecule has 0 spiro atoms. The Kier molecular flexibility index (Phi) is 5.29. The van der Waals surface area contributed by atoms with E-state index in [9.17, 15) is 14.7 Å². The van der Waals surface area contributed by atoms with Crippen LogP contribution in [0.25, 0.3) is 0 Å². The van der Waals surface area contributed by atoms with E-state index >= 15 is 0 Å². The Balaban J connectivity index is 2.52. The van der Waals surface area contributed by atoms with E-state index in [2.05, 4.69) is 10.1 Å². The number of amides is 1. The fraction of sp³-hybridized carbons (Fsp3) is 0.333. The van der Waals surface area contributed by atoms with Gasteiger partial charge in [0.25, 0.3) is 5.91 Å². The predicted molar refractivity (Wildman–Crippen MR) is 64.7 cm³/mol. The highest BCUT2D eigenvalue weighted by molar-refractivity contribution is 5.94. The molecule has 0 radical (unpaired) electrons. The molecule has 0 aromatic heterocycles. The molecule has 0 heterocycles. The van der Waals surface area contributed by atoms with Crippen molar-refractivity contribution in [2.75, 3.05) is 13.7 Å². The number of ether oxygens (including phenoxy) is 1. The van der Waals surface area contributed by atoms with Crippen molar-refractivity contribution in [1.29, 1.82) is 0 Å². The third-order valence-corrected chi connectivity index (χ3v) is 2.38. The fourth-order valence-corrected chi connectivity index (χ4v) is 1.30. The molecule has 1 aromatic rings. The van der Waals surface area contributed by atoms with Crippen LogP contribution in [-0.2, 0) is 16.1 Å². The summed E-state index contributed by atoms with van der Waals surface area (Å²) in [6.45, 7) is 0.215. The van der Waals surface area contributed by atoms with Crippen molar-refractivity contribution in [1.82, 2.24) is 5.32 Å². The number of carbonyl (C=O) groups excluding carboxylic acids is 2. The van der Waals surface area contributed by atoms with Gasteiger partial charge in [-0.1, -0.05) is 12.1 Å². The zero-order valence-corrected chi connectivity index (χ0v) is 10.1. The molecule has 1 rings (SSSR count). The molecule has 0 aliphatic rings. The smallest absolute Gasteiger partial charge is 0.336 e. The van der Waals surface area contributed by atoms with E-state index < -0.39 is 12.1 Å². The lowest BCUT2D eigenvalue weighted by atomic mass is 10.1. The first-order chi connectivity index (χ1) is 8.58. The Hall–Kier alpha value is -1.92. The first-order valence-corrected chi connectivity index (χ1v) is 5.41. The summed E-state index contributed by atoms with van der Waals surface area (Å²) in [7, 11) is 1.17. The standard InChI is InChI=1S/C12H16N2O4/c1-18-12(17)10(15)7-14-11(16)9-4-2-8(6-13)3-5-9/h2-5,10,15H,6-7,13H2,1H3,(H,14,16). The van der Waals surface area contributed by atoms with E-state index in [0.29, 0.717) is 12.1 Å². The van der Waals surface area contributed by atoms with Gasteiger partial charge in [-0.2, -0.15) is 0 Å². The lowest BCUT2D eigenvalue weighted by Crippen LogP contribution is -2.37. The number of hydrogen-bond acceptors (Lipinski definition) is 5. The zero-order valence-electron chi connectivity index (χ0n) is 10.1. The highest BCUT2D eigenvalue weighted by Crippen LogP contribution is 2.03. The maximum absolute atomic E-state index is 11.7. The summed E-state index contributed by atoms with van der Waals surface area (Å²) in [5, 5.41) is 11.7. The molecule has 0 saturated heterocycles. The monoisotopic (exact) mass is 252 g/mol. The molecule has 1 amide bonds. The first-order valence-electron chi connectivity index (χ1n) is 5.41. The van der Waals surface area contributed by atoms with Crippen LogP contribution in [0.2, 0.25) is 0 Å². The van der Waals surface area contributed by atoms with Crippen LogP contribution in [-0.4, -0.2) is 36.7 Å². The number of methoxy groups -OCH3 is 1. The number of benzene rings is 1. The second kappa shape index (κ2) is 6.73. The summed E-state index contributed by atoms with van der Waals surface area (Å²) >= 11 is 0. The van der Waals surface area contributed by atoms with Gasteiger partial charge in [-0.3, -0.25) is 4.79 Å². The van der Waals surface area contributed by atoms with E-state index in [1.165, 1.54) is 7.11 Å². The van der Waals surface area contributed by atoms with Gasteiger partial charge in [0.2, 0.25) is 0 Å². The summed E-state index contributed by atoms with van der Waals surface area (Å²) < 4.78 is 4.33. The minimum Gasteiger partial charge on any atom is -0.467 e. The third-order valence-electron chi connectivity index (χ3n) is 2.38. The quantitative estimate of drug-likeness (QED) is 0.608. The van der Waals surface area contributed by atoms with Crippen LogP contribution in [0, 0.1) is 0 Å². The third kappa shape index (κ3) is 3.83. The van der Waals surface area contributed by atoms with Crippen LogP contribution in [0.1, 0.15) is 15.9 Å². The van der Waals surface area contributed by atoms with E-state index in [1.807, 2.05) is 0 Å². The van der Waals surface area contributed by atoms with Crippen molar-refractivity contribution in [3.8, 4) is 0 Å². The number of aliphatic hydroxyl groups excluding tert-OH is 1. The molecular formula is C12H16N2O4. The molecule has 6 nitrogen and oxygen atoms in total. The van der Waals surface area contributed by atoms with E-state index in [0.717, 1.165) is 5.56 Å². The van der Waals surface area contributed by atoms with Gasteiger partial charge in [0.15, 0.2) is 6.10 Å². The van der Waals surface area contributed by atoms with Crippen molar-refractivity contribution in [2.45, 2.75) is 12.6 Å². The molecule has 0 fully saturated rings. The molecule has 1 aromatic carbocycles. The molecule has 0 bridgehead atoms. The Morgan fingerprint density at radius 2 is 2.00 bits per heavy atom. The van der Waals surface area contributed by atoms with Crippen molar-refractivity contribution >= 4 is 11.9 Å². The van der Waals surface area contributed by atoms with Crippen LogP contribution in [0.3, 0.4) is 0 Å². The molecule has 0 aliphatic heterocycles. The van der Waals surface area contributed by atoms with Gasteiger partial charge in [0.1, 0.15) is 0 Å². The second-order valence-corrected chi connectivity index (χ2v) is 3.65. The van der Waals surface area contributed by atoms with Crippen LogP contribution in [0.15, 0.2) is 24.3 Å². The highest BCUT2D eigenvalue weighted by Gasteiger charge is 2.16. The number of carbonyl (C=O) groups is 2. The average Bonchev–Trinajstić information content (AvgIpc) is 2.43. The fourth-order valence-electron chi connectivity index (χ4n) is 1.30. The highest BCUT2D eigenvalue weighted by atomic mass is 16.5. The van der Waals surface area contributed by atoms with Crippen molar-refractivity contribution < 1.29 is 19.4 Å². The average molecular weight is 252 g/mol. The number of hydrogen-bond donors (Lipinski definition) is 3. The number of aliphatic hydroxyl groups is 1. The Labute approximate surface area is 105 Å².